The summed E-state index contributed by atoms with van der Waals surface area (Å²) in [5.74, 6) is 3.02. The number of fused-ring (bicyclic) bond motifs is 2. The second kappa shape index (κ2) is 4.87. The summed E-state index contributed by atoms with van der Waals surface area (Å²) in [6, 6.07) is 10.2. The van der Waals surface area contributed by atoms with Crippen molar-refractivity contribution in [3.63, 3.8) is 0 Å². The average Bonchev–Trinajstić information content (AvgIpc) is 3.01. The summed E-state index contributed by atoms with van der Waals surface area (Å²) in [6.45, 7) is 2.06. The van der Waals surface area contributed by atoms with Crippen molar-refractivity contribution in [2.45, 2.75) is 44.9 Å². The minimum Gasteiger partial charge on any atom is -0.299 e. The summed E-state index contributed by atoms with van der Waals surface area (Å²) in [6.07, 6.45) is 6.33. The van der Waals surface area contributed by atoms with Gasteiger partial charge in [-0.3, -0.25) is 4.79 Å². The van der Waals surface area contributed by atoms with Crippen LogP contribution in [0.3, 0.4) is 0 Å². The van der Waals surface area contributed by atoms with Gasteiger partial charge in [-0.05, 0) is 42.6 Å². The molecule has 0 radical (unpaired) electrons. The molecular formula is C17H22O. The topological polar surface area (TPSA) is 17.1 Å². The summed E-state index contributed by atoms with van der Waals surface area (Å²) in [5, 5.41) is 0. The van der Waals surface area contributed by atoms with Gasteiger partial charge in [-0.15, -0.1) is 0 Å². The van der Waals surface area contributed by atoms with E-state index in [1.807, 2.05) is 18.2 Å². The second-order valence-corrected chi connectivity index (χ2v) is 6.24. The summed E-state index contributed by atoms with van der Waals surface area (Å²) in [5.41, 5.74) is 1.17. The first-order valence-corrected chi connectivity index (χ1v) is 7.31. The standard InChI is InChI=1S/C17H22O/c1-12(14-5-3-2-4-6-14)17(18)11-16-10-13-7-8-15(16)9-13/h2-6,12-13,15-16H,7-11H2,1H3. The van der Waals surface area contributed by atoms with Crippen LogP contribution in [0.4, 0.5) is 0 Å². The highest BCUT2D eigenvalue weighted by Gasteiger charge is 2.40. The zero-order valence-corrected chi connectivity index (χ0v) is 11.1. The van der Waals surface area contributed by atoms with Gasteiger partial charge in [-0.25, -0.2) is 0 Å². The van der Waals surface area contributed by atoms with E-state index < -0.39 is 0 Å². The summed E-state index contributed by atoms with van der Waals surface area (Å²) >= 11 is 0. The fourth-order valence-corrected chi connectivity index (χ4v) is 3.99. The number of benzene rings is 1. The summed E-state index contributed by atoms with van der Waals surface area (Å²) in [4.78, 5) is 12.4. The van der Waals surface area contributed by atoms with E-state index in [-0.39, 0.29) is 5.92 Å². The Bertz CT molecular complexity index is 422. The Morgan fingerprint density at radius 3 is 2.61 bits per heavy atom. The quantitative estimate of drug-likeness (QED) is 0.774. The molecule has 4 atom stereocenters. The van der Waals surface area contributed by atoms with Gasteiger partial charge in [-0.1, -0.05) is 43.7 Å². The van der Waals surface area contributed by atoms with Crippen LogP contribution >= 0.6 is 0 Å². The van der Waals surface area contributed by atoms with Gasteiger partial charge in [0, 0.05) is 12.3 Å². The van der Waals surface area contributed by atoms with Crippen molar-refractivity contribution in [1.82, 2.24) is 0 Å². The number of Topliss-reactive ketones (excluding diaryl/α,β-unsaturated/α-hetero) is 1. The molecule has 1 nitrogen and oxygen atoms in total. The molecule has 0 aromatic heterocycles. The van der Waals surface area contributed by atoms with Gasteiger partial charge in [0.25, 0.3) is 0 Å². The molecule has 0 heterocycles. The molecule has 0 amide bonds. The van der Waals surface area contributed by atoms with Crippen LogP contribution in [0.25, 0.3) is 0 Å². The highest BCUT2D eigenvalue weighted by Crippen LogP contribution is 2.49. The Hall–Kier alpha value is -1.11. The third-order valence-electron chi connectivity index (χ3n) is 5.13. The Labute approximate surface area is 110 Å². The van der Waals surface area contributed by atoms with E-state index in [9.17, 15) is 4.79 Å². The van der Waals surface area contributed by atoms with E-state index in [1.54, 1.807) is 0 Å². The van der Waals surface area contributed by atoms with Crippen molar-refractivity contribution < 1.29 is 4.79 Å². The lowest BCUT2D eigenvalue weighted by Gasteiger charge is -2.22. The highest BCUT2D eigenvalue weighted by molar-refractivity contribution is 5.85. The normalized spacial score (nSPS) is 31.5. The Balaban J connectivity index is 1.62. The predicted octanol–water partition coefficient (Wildman–Crippen LogP) is 4.19. The average molecular weight is 242 g/mol. The monoisotopic (exact) mass is 242 g/mol. The van der Waals surface area contributed by atoms with Crippen molar-refractivity contribution >= 4 is 5.78 Å². The first kappa shape index (κ1) is 12.0. The zero-order valence-electron chi connectivity index (χ0n) is 11.1. The maximum atomic E-state index is 12.4. The minimum absolute atomic E-state index is 0.0744. The molecule has 3 rings (SSSR count). The van der Waals surface area contributed by atoms with E-state index in [0.29, 0.717) is 11.7 Å². The lowest BCUT2D eigenvalue weighted by atomic mass is 9.82. The van der Waals surface area contributed by atoms with Crippen molar-refractivity contribution in [2.24, 2.45) is 17.8 Å². The van der Waals surface area contributed by atoms with Crippen molar-refractivity contribution in [2.75, 3.05) is 0 Å². The molecule has 1 heteroatoms. The molecule has 0 N–H and O–H groups in total. The molecule has 0 aliphatic heterocycles. The van der Waals surface area contributed by atoms with E-state index in [2.05, 4.69) is 19.1 Å². The molecule has 2 fully saturated rings. The fourth-order valence-electron chi connectivity index (χ4n) is 3.99. The van der Waals surface area contributed by atoms with Crippen LogP contribution < -0.4 is 0 Å². The molecule has 96 valence electrons. The van der Waals surface area contributed by atoms with Gasteiger partial charge in [0.1, 0.15) is 5.78 Å². The largest absolute Gasteiger partial charge is 0.299 e. The molecule has 1 aromatic carbocycles. The van der Waals surface area contributed by atoms with Gasteiger partial charge in [0.15, 0.2) is 0 Å². The lowest BCUT2D eigenvalue weighted by Crippen LogP contribution is -2.18. The molecule has 0 saturated heterocycles. The summed E-state index contributed by atoms with van der Waals surface area (Å²) in [7, 11) is 0. The molecule has 0 spiro atoms. The first-order chi connectivity index (χ1) is 8.74. The Morgan fingerprint density at radius 2 is 2.00 bits per heavy atom. The maximum absolute atomic E-state index is 12.4. The zero-order chi connectivity index (χ0) is 12.5. The van der Waals surface area contributed by atoms with Gasteiger partial charge >= 0.3 is 0 Å². The first-order valence-electron chi connectivity index (χ1n) is 7.31. The molecule has 2 bridgehead atoms. The molecule has 2 saturated carbocycles. The van der Waals surface area contributed by atoms with E-state index >= 15 is 0 Å². The number of ketones is 1. The van der Waals surface area contributed by atoms with Crippen LogP contribution in [0.5, 0.6) is 0 Å². The van der Waals surface area contributed by atoms with Crippen LogP contribution in [0.1, 0.15) is 50.5 Å². The van der Waals surface area contributed by atoms with Crippen molar-refractivity contribution in [1.29, 1.82) is 0 Å². The van der Waals surface area contributed by atoms with Crippen molar-refractivity contribution in [3.8, 4) is 0 Å². The third-order valence-corrected chi connectivity index (χ3v) is 5.13. The van der Waals surface area contributed by atoms with Crippen LogP contribution in [-0.2, 0) is 4.79 Å². The van der Waals surface area contributed by atoms with Crippen LogP contribution in [0.15, 0.2) is 30.3 Å². The lowest BCUT2D eigenvalue weighted by molar-refractivity contribution is -0.121. The van der Waals surface area contributed by atoms with Gasteiger partial charge < -0.3 is 0 Å². The van der Waals surface area contributed by atoms with Crippen LogP contribution in [0, 0.1) is 17.8 Å². The highest BCUT2D eigenvalue weighted by atomic mass is 16.1. The smallest absolute Gasteiger partial charge is 0.140 e. The second-order valence-electron chi connectivity index (χ2n) is 6.24. The van der Waals surface area contributed by atoms with E-state index in [0.717, 1.165) is 18.3 Å². The van der Waals surface area contributed by atoms with Crippen LogP contribution in [-0.4, -0.2) is 5.78 Å². The predicted molar refractivity (Wildman–Crippen MR) is 73.4 cm³/mol. The molecule has 2 aliphatic rings. The molecule has 1 aromatic rings. The molecular weight excluding hydrogens is 220 g/mol. The van der Waals surface area contributed by atoms with Gasteiger partial charge in [0.2, 0.25) is 0 Å². The molecule has 2 aliphatic carbocycles. The number of hydrogen-bond acceptors (Lipinski definition) is 1. The number of hydrogen-bond donors (Lipinski definition) is 0. The number of rotatable bonds is 4. The Kier molecular flexibility index (Phi) is 3.23. The maximum Gasteiger partial charge on any atom is 0.140 e. The minimum atomic E-state index is 0.0744. The molecule has 4 unspecified atom stereocenters. The van der Waals surface area contributed by atoms with Crippen LogP contribution in [0.2, 0.25) is 0 Å². The summed E-state index contributed by atoms with van der Waals surface area (Å²) < 4.78 is 0. The van der Waals surface area contributed by atoms with Gasteiger partial charge in [0.05, 0.1) is 0 Å². The van der Waals surface area contributed by atoms with E-state index in [4.69, 9.17) is 0 Å². The SMILES string of the molecule is CC(C(=O)CC1CC2CCC1C2)c1ccccc1. The Morgan fingerprint density at radius 1 is 1.22 bits per heavy atom. The number of carbonyl (C=O) groups is 1. The van der Waals surface area contributed by atoms with Crippen molar-refractivity contribution in [3.05, 3.63) is 35.9 Å². The fraction of sp³-hybridized carbons (Fsp3) is 0.588. The van der Waals surface area contributed by atoms with E-state index in [1.165, 1.54) is 31.2 Å². The third kappa shape index (κ3) is 2.23. The number of carbonyl (C=O) groups excluding carboxylic acids is 1. The molecule has 18 heavy (non-hydrogen) atoms. The van der Waals surface area contributed by atoms with Gasteiger partial charge in [-0.2, -0.15) is 0 Å².